The van der Waals surface area contributed by atoms with Gasteiger partial charge in [0.15, 0.2) is 5.78 Å². The van der Waals surface area contributed by atoms with Gasteiger partial charge in [-0.2, -0.15) is 0 Å². The molecule has 0 aliphatic carbocycles. The van der Waals surface area contributed by atoms with Gasteiger partial charge in [0.2, 0.25) is 0 Å². The first-order valence-corrected chi connectivity index (χ1v) is 6.21. The minimum Gasteiger partial charge on any atom is -0.293 e. The molecule has 0 unspecified atom stereocenters. The highest BCUT2D eigenvalue weighted by Gasteiger charge is 2.05. The Bertz CT molecular complexity index is 511. The molecule has 2 rings (SSSR count). The van der Waals surface area contributed by atoms with E-state index in [1.165, 1.54) is 23.9 Å². The minimum absolute atomic E-state index is 0.0554. The maximum atomic E-state index is 12.9. The Balaban J connectivity index is 1.97. The van der Waals surface area contributed by atoms with Gasteiger partial charge >= 0.3 is 0 Å². The van der Waals surface area contributed by atoms with E-state index >= 15 is 0 Å². The Hall–Kier alpha value is -1.61. The maximum Gasteiger partial charge on any atom is 0.173 e. The molecule has 0 atom stereocenters. The fourth-order valence-electron chi connectivity index (χ4n) is 1.41. The molecule has 0 aliphatic rings. The van der Waals surface area contributed by atoms with Crippen LogP contribution in [0.1, 0.15) is 10.4 Å². The molecule has 0 heterocycles. The molecular weight excluding hydrogens is 235 g/mol. The van der Waals surface area contributed by atoms with Crippen molar-refractivity contribution in [2.24, 2.45) is 0 Å². The van der Waals surface area contributed by atoms with E-state index in [-0.39, 0.29) is 11.6 Å². The molecule has 0 fully saturated rings. The molecule has 2 aromatic rings. The third kappa shape index (κ3) is 3.43. The predicted octanol–water partition coefficient (Wildman–Crippen LogP) is 3.80. The molecule has 3 heteroatoms. The number of benzene rings is 2. The molecule has 0 spiro atoms. The van der Waals surface area contributed by atoms with Gasteiger partial charge in [-0.05, 0) is 18.2 Å². The van der Waals surface area contributed by atoms with E-state index in [1.54, 1.807) is 24.3 Å². The second kappa shape index (κ2) is 5.64. The van der Waals surface area contributed by atoms with Crippen LogP contribution in [0.5, 0.6) is 0 Å². The quantitative estimate of drug-likeness (QED) is 0.603. The van der Waals surface area contributed by atoms with E-state index < -0.39 is 0 Å². The molecule has 2 aromatic carbocycles. The van der Waals surface area contributed by atoms with E-state index in [9.17, 15) is 9.18 Å². The Morgan fingerprint density at radius 1 is 1.06 bits per heavy atom. The summed E-state index contributed by atoms with van der Waals surface area (Å²) in [6, 6.07) is 15.4. The van der Waals surface area contributed by atoms with Crippen molar-refractivity contribution >= 4 is 17.5 Å². The van der Waals surface area contributed by atoms with E-state index in [1.807, 2.05) is 18.2 Å². The summed E-state index contributed by atoms with van der Waals surface area (Å²) in [5, 5.41) is 0. The number of carbonyl (C=O) groups excluding carboxylic acids is 1. The highest BCUT2D eigenvalue weighted by atomic mass is 32.2. The highest BCUT2D eigenvalue weighted by Crippen LogP contribution is 2.19. The van der Waals surface area contributed by atoms with Gasteiger partial charge in [-0.15, -0.1) is 11.8 Å². The van der Waals surface area contributed by atoms with Crippen molar-refractivity contribution in [3.8, 4) is 0 Å². The van der Waals surface area contributed by atoms with E-state index in [0.29, 0.717) is 11.3 Å². The van der Waals surface area contributed by atoms with Gasteiger partial charge < -0.3 is 0 Å². The fourth-order valence-corrected chi connectivity index (χ4v) is 2.25. The summed E-state index contributed by atoms with van der Waals surface area (Å²) in [5.41, 5.74) is 0.691. The summed E-state index contributed by atoms with van der Waals surface area (Å²) in [7, 11) is 0. The molecule has 0 amide bonds. The van der Waals surface area contributed by atoms with Crippen molar-refractivity contribution in [2.75, 3.05) is 5.75 Å². The number of hydrogen-bond donors (Lipinski definition) is 0. The van der Waals surface area contributed by atoms with Gasteiger partial charge in [-0.3, -0.25) is 4.79 Å². The largest absolute Gasteiger partial charge is 0.293 e. The van der Waals surface area contributed by atoms with Crippen LogP contribution >= 0.6 is 11.8 Å². The van der Waals surface area contributed by atoms with Crippen LogP contribution in [0.4, 0.5) is 4.39 Å². The van der Waals surface area contributed by atoms with Crippen molar-refractivity contribution < 1.29 is 9.18 Å². The number of Topliss-reactive ketones (excluding diaryl/α,β-unsaturated/α-hetero) is 1. The van der Waals surface area contributed by atoms with Gasteiger partial charge in [0.1, 0.15) is 5.82 Å². The van der Waals surface area contributed by atoms with E-state index in [0.717, 1.165) is 4.90 Å². The van der Waals surface area contributed by atoms with Gasteiger partial charge in [-0.25, -0.2) is 4.39 Å². The lowest BCUT2D eigenvalue weighted by molar-refractivity contribution is 0.102. The third-order valence-corrected chi connectivity index (χ3v) is 3.26. The molecule has 0 N–H and O–H groups in total. The maximum absolute atomic E-state index is 12.9. The van der Waals surface area contributed by atoms with Gasteiger partial charge in [0.25, 0.3) is 0 Å². The van der Waals surface area contributed by atoms with Crippen molar-refractivity contribution in [1.29, 1.82) is 0 Å². The van der Waals surface area contributed by atoms with Gasteiger partial charge in [0.05, 0.1) is 5.75 Å². The van der Waals surface area contributed by atoms with Gasteiger partial charge in [0, 0.05) is 10.5 Å². The predicted molar refractivity (Wildman–Crippen MR) is 67.9 cm³/mol. The molecular formula is C14H11FOS. The third-order valence-electron chi connectivity index (χ3n) is 2.26. The van der Waals surface area contributed by atoms with Crippen LogP contribution < -0.4 is 0 Å². The zero-order valence-corrected chi connectivity index (χ0v) is 9.91. The Morgan fingerprint density at radius 3 is 2.53 bits per heavy atom. The molecule has 86 valence electrons. The van der Waals surface area contributed by atoms with Crippen molar-refractivity contribution in [3.63, 3.8) is 0 Å². The number of halogens is 1. The topological polar surface area (TPSA) is 17.1 Å². The summed E-state index contributed by atoms with van der Waals surface area (Å²) >= 11 is 1.35. The zero-order valence-electron chi connectivity index (χ0n) is 9.10. The van der Waals surface area contributed by atoms with Gasteiger partial charge in [-0.1, -0.05) is 36.4 Å². The molecule has 0 radical (unpaired) electrons. The average molecular weight is 246 g/mol. The molecule has 1 nitrogen and oxygen atoms in total. The average Bonchev–Trinajstić information content (AvgIpc) is 2.37. The number of ketones is 1. The summed E-state index contributed by atoms with van der Waals surface area (Å²) in [6.45, 7) is 0. The monoisotopic (exact) mass is 246 g/mol. The van der Waals surface area contributed by atoms with Crippen LogP contribution in [0.2, 0.25) is 0 Å². The Morgan fingerprint density at radius 2 is 1.82 bits per heavy atom. The summed E-state index contributed by atoms with van der Waals surface area (Å²) in [6.07, 6.45) is 0. The second-order valence-corrected chi connectivity index (χ2v) is 4.58. The van der Waals surface area contributed by atoms with Crippen LogP contribution in [0.25, 0.3) is 0 Å². The molecule has 0 aromatic heterocycles. The van der Waals surface area contributed by atoms with Crippen LogP contribution in [-0.2, 0) is 0 Å². The molecule has 0 aliphatic heterocycles. The summed E-state index contributed by atoms with van der Waals surface area (Å²) in [5.74, 6) is 0.107. The van der Waals surface area contributed by atoms with E-state index in [2.05, 4.69) is 0 Å². The van der Waals surface area contributed by atoms with Crippen LogP contribution in [0.15, 0.2) is 59.5 Å². The first kappa shape index (κ1) is 11.9. The summed E-state index contributed by atoms with van der Waals surface area (Å²) in [4.78, 5) is 12.6. The highest BCUT2D eigenvalue weighted by molar-refractivity contribution is 8.00. The number of rotatable bonds is 4. The van der Waals surface area contributed by atoms with Crippen LogP contribution in [0, 0.1) is 5.82 Å². The molecule has 0 saturated carbocycles. The van der Waals surface area contributed by atoms with E-state index in [4.69, 9.17) is 0 Å². The van der Waals surface area contributed by atoms with Crippen LogP contribution in [0.3, 0.4) is 0 Å². The number of thioether (sulfide) groups is 1. The second-order valence-electron chi connectivity index (χ2n) is 3.54. The molecule has 0 saturated heterocycles. The Labute approximate surface area is 104 Å². The lowest BCUT2D eigenvalue weighted by Gasteiger charge is -2.01. The standard InChI is InChI=1S/C14H11FOS/c15-12-7-4-8-13(9-12)17-10-14(16)11-5-2-1-3-6-11/h1-9H,10H2. The first-order chi connectivity index (χ1) is 8.25. The molecule has 17 heavy (non-hydrogen) atoms. The zero-order chi connectivity index (χ0) is 12.1. The fraction of sp³-hybridized carbons (Fsp3) is 0.0714. The number of carbonyl (C=O) groups is 1. The Kier molecular flexibility index (Phi) is 3.94. The van der Waals surface area contributed by atoms with Crippen molar-refractivity contribution in [1.82, 2.24) is 0 Å². The lowest BCUT2D eigenvalue weighted by atomic mass is 10.2. The molecule has 0 bridgehead atoms. The van der Waals surface area contributed by atoms with Crippen LogP contribution in [-0.4, -0.2) is 11.5 Å². The SMILES string of the molecule is O=C(CSc1cccc(F)c1)c1ccccc1. The van der Waals surface area contributed by atoms with Crippen molar-refractivity contribution in [2.45, 2.75) is 4.90 Å². The van der Waals surface area contributed by atoms with Crippen molar-refractivity contribution in [3.05, 3.63) is 66.0 Å². The summed E-state index contributed by atoms with van der Waals surface area (Å²) < 4.78 is 12.9. The lowest BCUT2D eigenvalue weighted by Crippen LogP contribution is -2.01. The minimum atomic E-state index is -0.276. The normalized spacial score (nSPS) is 10.2. The number of hydrogen-bond acceptors (Lipinski definition) is 2. The first-order valence-electron chi connectivity index (χ1n) is 5.22. The smallest absolute Gasteiger partial charge is 0.173 e.